The number of anilines is 1. The summed E-state index contributed by atoms with van der Waals surface area (Å²) in [5.41, 5.74) is 2.23. The van der Waals surface area contributed by atoms with Crippen LogP contribution >= 0.6 is 22.9 Å². The molecule has 0 radical (unpaired) electrons. The van der Waals surface area contributed by atoms with Crippen LogP contribution in [-0.4, -0.2) is 48.9 Å². The van der Waals surface area contributed by atoms with Crippen molar-refractivity contribution in [2.75, 3.05) is 38.5 Å². The molecule has 0 spiro atoms. The quantitative estimate of drug-likeness (QED) is 0.627. The fourth-order valence-corrected chi connectivity index (χ4v) is 4.89. The van der Waals surface area contributed by atoms with Gasteiger partial charge in [-0.2, -0.15) is 0 Å². The van der Waals surface area contributed by atoms with Gasteiger partial charge in [0, 0.05) is 41.6 Å². The van der Waals surface area contributed by atoms with E-state index < -0.39 is 0 Å². The fourth-order valence-electron chi connectivity index (χ4n) is 3.75. The number of nitrogens with one attached hydrogen (secondary N) is 1. The van der Waals surface area contributed by atoms with E-state index in [0.29, 0.717) is 5.76 Å². The Hall–Kier alpha value is -2.12. The van der Waals surface area contributed by atoms with Crippen LogP contribution in [0.3, 0.4) is 0 Å². The summed E-state index contributed by atoms with van der Waals surface area (Å²) in [7, 11) is 2.15. The van der Waals surface area contributed by atoms with Gasteiger partial charge in [-0.1, -0.05) is 23.7 Å². The second-order valence-electron chi connectivity index (χ2n) is 7.37. The summed E-state index contributed by atoms with van der Waals surface area (Å²) in [6, 6.07) is 13.6. The molecule has 1 N–H and O–H groups in total. The third-order valence-corrected chi connectivity index (χ3v) is 6.43. The van der Waals surface area contributed by atoms with Gasteiger partial charge in [-0.15, -0.1) is 11.3 Å². The van der Waals surface area contributed by atoms with Gasteiger partial charge < -0.3 is 14.6 Å². The van der Waals surface area contributed by atoms with E-state index in [1.54, 1.807) is 23.5 Å². The third kappa shape index (κ3) is 4.56. The van der Waals surface area contributed by atoms with Gasteiger partial charge in [0.1, 0.15) is 5.00 Å². The van der Waals surface area contributed by atoms with Crippen molar-refractivity contribution in [2.45, 2.75) is 13.0 Å². The summed E-state index contributed by atoms with van der Waals surface area (Å²) in [4.78, 5) is 18.6. The van der Waals surface area contributed by atoms with Crippen LogP contribution in [0.1, 0.15) is 32.6 Å². The van der Waals surface area contributed by atoms with Gasteiger partial charge >= 0.3 is 0 Å². The lowest BCUT2D eigenvalue weighted by atomic mass is 9.97. The summed E-state index contributed by atoms with van der Waals surface area (Å²) in [5.74, 6) is 0.0715. The van der Waals surface area contributed by atoms with Gasteiger partial charge in [0.2, 0.25) is 0 Å². The Balaban J connectivity index is 1.71. The zero-order valence-electron chi connectivity index (χ0n) is 16.5. The average molecular weight is 430 g/mol. The number of aryl methyl sites for hydroxylation is 1. The lowest BCUT2D eigenvalue weighted by Crippen LogP contribution is -2.46. The topological polar surface area (TPSA) is 48.7 Å². The molecule has 3 aromatic rings. The van der Waals surface area contributed by atoms with Crippen molar-refractivity contribution in [3.05, 3.63) is 75.5 Å². The van der Waals surface area contributed by atoms with E-state index in [-0.39, 0.29) is 11.9 Å². The molecule has 0 bridgehead atoms. The molecule has 1 aliphatic rings. The Bertz CT molecular complexity index is 978. The molecule has 0 saturated carbocycles. The Labute approximate surface area is 179 Å². The number of thiophene rings is 1. The fraction of sp³-hybridized carbons (Fsp3) is 0.318. The van der Waals surface area contributed by atoms with Crippen LogP contribution < -0.4 is 5.32 Å². The minimum absolute atomic E-state index is 0.0271. The zero-order valence-corrected chi connectivity index (χ0v) is 18.1. The van der Waals surface area contributed by atoms with E-state index in [2.05, 4.69) is 41.2 Å². The number of rotatable bonds is 5. The molecule has 1 saturated heterocycles. The van der Waals surface area contributed by atoms with Crippen LogP contribution in [0.25, 0.3) is 0 Å². The SMILES string of the molecule is Cc1cc([C@@H](c2cccc(Cl)c2)N2CCN(C)CC2)c(NC(=O)c2ccco2)s1. The molecule has 7 heteroatoms. The van der Waals surface area contributed by atoms with Gasteiger partial charge in [-0.05, 0) is 49.9 Å². The molecule has 2 aromatic heterocycles. The first kappa shape index (κ1) is 20.2. The Kier molecular flexibility index (Phi) is 6.06. The maximum atomic E-state index is 12.6. The first-order valence-electron chi connectivity index (χ1n) is 9.64. The number of carbonyl (C=O) groups excluding carboxylic acids is 1. The molecule has 4 rings (SSSR count). The van der Waals surface area contributed by atoms with Gasteiger partial charge in [0.15, 0.2) is 5.76 Å². The van der Waals surface area contributed by atoms with Gasteiger partial charge in [-0.3, -0.25) is 9.69 Å². The first-order valence-corrected chi connectivity index (χ1v) is 10.8. The maximum absolute atomic E-state index is 12.6. The van der Waals surface area contributed by atoms with E-state index in [0.717, 1.165) is 52.2 Å². The molecule has 0 unspecified atom stereocenters. The summed E-state index contributed by atoms with van der Waals surface area (Å²) in [6.45, 7) is 5.99. The molecule has 29 heavy (non-hydrogen) atoms. The van der Waals surface area contributed by atoms with Crippen LogP contribution in [0.15, 0.2) is 53.1 Å². The normalized spacial score (nSPS) is 16.7. The number of likely N-dealkylation sites (N-methyl/N-ethyl adjacent to an activating group) is 1. The second kappa shape index (κ2) is 8.71. The number of amides is 1. The van der Waals surface area contributed by atoms with E-state index >= 15 is 0 Å². The molecule has 1 atom stereocenters. The smallest absolute Gasteiger partial charge is 0.291 e. The minimum Gasteiger partial charge on any atom is -0.459 e. The van der Waals surface area contributed by atoms with Crippen molar-refractivity contribution in [3.8, 4) is 0 Å². The highest BCUT2D eigenvalue weighted by atomic mass is 35.5. The van der Waals surface area contributed by atoms with Crippen molar-refractivity contribution >= 4 is 33.8 Å². The molecule has 3 heterocycles. The highest BCUT2D eigenvalue weighted by molar-refractivity contribution is 7.16. The van der Waals surface area contributed by atoms with Crippen LogP contribution in [0.5, 0.6) is 0 Å². The Morgan fingerprint density at radius 1 is 1.17 bits per heavy atom. The summed E-state index contributed by atoms with van der Waals surface area (Å²) < 4.78 is 5.26. The summed E-state index contributed by atoms with van der Waals surface area (Å²) in [5, 5.41) is 4.63. The molecular formula is C22H24ClN3O2S. The molecule has 1 aromatic carbocycles. The van der Waals surface area contributed by atoms with Crippen molar-refractivity contribution in [3.63, 3.8) is 0 Å². The van der Waals surface area contributed by atoms with E-state index in [9.17, 15) is 4.79 Å². The summed E-state index contributed by atoms with van der Waals surface area (Å²) >= 11 is 7.92. The van der Waals surface area contributed by atoms with Crippen molar-refractivity contribution in [2.24, 2.45) is 0 Å². The van der Waals surface area contributed by atoms with Gasteiger partial charge in [-0.25, -0.2) is 0 Å². The van der Waals surface area contributed by atoms with Crippen molar-refractivity contribution < 1.29 is 9.21 Å². The van der Waals surface area contributed by atoms with Crippen LogP contribution in [0, 0.1) is 6.92 Å². The van der Waals surface area contributed by atoms with Crippen LogP contribution in [0.2, 0.25) is 5.02 Å². The summed E-state index contributed by atoms with van der Waals surface area (Å²) in [6.07, 6.45) is 1.51. The average Bonchev–Trinajstić information content (AvgIpc) is 3.34. The monoisotopic (exact) mass is 429 g/mol. The van der Waals surface area contributed by atoms with E-state index in [4.69, 9.17) is 16.0 Å². The first-order chi connectivity index (χ1) is 14.0. The Morgan fingerprint density at radius 3 is 2.66 bits per heavy atom. The number of hydrogen-bond acceptors (Lipinski definition) is 5. The number of hydrogen-bond donors (Lipinski definition) is 1. The predicted octanol–water partition coefficient (Wildman–Crippen LogP) is 4.89. The lowest BCUT2D eigenvalue weighted by Gasteiger charge is -2.38. The standard InChI is InChI=1S/C22H24ClN3O2S/c1-15-13-18(22(29-15)24-21(27)19-7-4-12-28-19)20(16-5-3-6-17(23)14-16)26-10-8-25(2)9-11-26/h3-7,12-14,20H,8-11H2,1-2H3,(H,24,27)/t20-/m1/s1. The zero-order chi connectivity index (χ0) is 20.4. The highest BCUT2D eigenvalue weighted by Gasteiger charge is 2.29. The molecule has 1 amide bonds. The Morgan fingerprint density at radius 2 is 1.97 bits per heavy atom. The van der Waals surface area contributed by atoms with E-state index in [1.165, 1.54) is 6.26 Å². The number of benzene rings is 1. The van der Waals surface area contributed by atoms with Gasteiger partial charge in [0.25, 0.3) is 5.91 Å². The van der Waals surface area contributed by atoms with Crippen LogP contribution in [0.4, 0.5) is 5.00 Å². The minimum atomic E-state index is -0.235. The number of piperazine rings is 1. The lowest BCUT2D eigenvalue weighted by molar-refractivity contribution is 0.0996. The number of halogens is 1. The maximum Gasteiger partial charge on any atom is 0.291 e. The number of furan rings is 1. The molecule has 0 aliphatic carbocycles. The largest absolute Gasteiger partial charge is 0.459 e. The number of nitrogens with zero attached hydrogens (tertiary/aromatic N) is 2. The molecule has 5 nitrogen and oxygen atoms in total. The van der Waals surface area contributed by atoms with Gasteiger partial charge in [0.05, 0.1) is 12.3 Å². The predicted molar refractivity (Wildman–Crippen MR) is 118 cm³/mol. The number of carbonyl (C=O) groups is 1. The highest BCUT2D eigenvalue weighted by Crippen LogP contribution is 2.40. The second-order valence-corrected chi connectivity index (χ2v) is 9.06. The molecule has 1 aliphatic heterocycles. The van der Waals surface area contributed by atoms with E-state index in [1.807, 2.05) is 18.2 Å². The van der Waals surface area contributed by atoms with Crippen molar-refractivity contribution in [1.29, 1.82) is 0 Å². The molecule has 1 fully saturated rings. The third-order valence-electron chi connectivity index (χ3n) is 5.22. The van der Waals surface area contributed by atoms with Crippen LogP contribution in [-0.2, 0) is 0 Å². The molecule has 152 valence electrons. The van der Waals surface area contributed by atoms with Crippen molar-refractivity contribution in [1.82, 2.24) is 9.80 Å². The molecular weight excluding hydrogens is 406 g/mol.